The molecule has 10 heteroatoms. The van der Waals surface area contributed by atoms with Crippen molar-refractivity contribution in [2.75, 3.05) is 34.0 Å². The average Bonchev–Trinajstić information content (AvgIpc) is 2.97. The van der Waals surface area contributed by atoms with E-state index < -0.39 is 12.0 Å². The Balaban J connectivity index is 2.05. The van der Waals surface area contributed by atoms with E-state index in [1.54, 1.807) is 14.0 Å². The van der Waals surface area contributed by atoms with Crippen LogP contribution >= 0.6 is 11.3 Å². The monoisotopic (exact) mass is 381 g/mol. The second kappa shape index (κ2) is 7.52. The van der Waals surface area contributed by atoms with Gasteiger partial charge in [-0.15, -0.1) is 11.3 Å². The Labute approximate surface area is 153 Å². The minimum absolute atomic E-state index is 0.0217. The predicted molar refractivity (Wildman–Crippen MR) is 92.7 cm³/mol. The summed E-state index contributed by atoms with van der Waals surface area (Å²) in [4.78, 5) is 35.6. The van der Waals surface area contributed by atoms with Gasteiger partial charge in [0, 0.05) is 13.7 Å². The maximum Gasteiger partial charge on any atom is 0.328 e. The molecule has 0 bridgehead atoms. The Morgan fingerprint density at radius 1 is 1.38 bits per heavy atom. The number of amides is 1. The van der Waals surface area contributed by atoms with Gasteiger partial charge < -0.3 is 24.2 Å². The summed E-state index contributed by atoms with van der Waals surface area (Å²) in [6.07, 6.45) is 0. The molecule has 1 aliphatic rings. The number of aryl methyl sites for hydroxylation is 1. The van der Waals surface area contributed by atoms with E-state index in [0.29, 0.717) is 39.0 Å². The summed E-state index contributed by atoms with van der Waals surface area (Å²) in [7, 11) is 3.04. The molecule has 1 N–H and O–H groups in total. The van der Waals surface area contributed by atoms with Crippen molar-refractivity contribution in [3.8, 4) is 5.88 Å². The molecular weight excluding hydrogens is 362 g/mol. The molecule has 0 saturated carbocycles. The molecule has 1 unspecified atom stereocenters. The van der Waals surface area contributed by atoms with E-state index in [0.717, 1.165) is 0 Å². The fraction of sp³-hybridized carbons (Fsp3) is 0.500. The van der Waals surface area contributed by atoms with Gasteiger partial charge in [0.05, 0.1) is 30.6 Å². The van der Waals surface area contributed by atoms with Crippen LogP contribution in [0.25, 0.3) is 10.2 Å². The summed E-state index contributed by atoms with van der Waals surface area (Å²) in [5, 5.41) is 10.0. The summed E-state index contributed by atoms with van der Waals surface area (Å²) in [6.45, 7) is 2.51. The third-order valence-corrected chi connectivity index (χ3v) is 5.31. The van der Waals surface area contributed by atoms with Crippen LogP contribution in [-0.4, -0.2) is 71.9 Å². The first-order valence-corrected chi connectivity index (χ1v) is 8.74. The van der Waals surface area contributed by atoms with Crippen LogP contribution in [0.2, 0.25) is 0 Å². The number of nitrogens with zero attached hydrogens (tertiary/aromatic N) is 3. The van der Waals surface area contributed by atoms with Gasteiger partial charge in [-0.1, -0.05) is 0 Å². The lowest BCUT2D eigenvalue weighted by molar-refractivity contribution is -0.147. The van der Waals surface area contributed by atoms with Gasteiger partial charge in [0.1, 0.15) is 11.4 Å². The third kappa shape index (κ3) is 3.22. The van der Waals surface area contributed by atoms with Crippen molar-refractivity contribution >= 4 is 33.4 Å². The van der Waals surface area contributed by atoms with Crippen LogP contribution in [0, 0.1) is 6.92 Å². The zero-order valence-electron chi connectivity index (χ0n) is 14.6. The van der Waals surface area contributed by atoms with E-state index in [-0.39, 0.29) is 25.7 Å². The van der Waals surface area contributed by atoms with Gasteiger partial charge in [-0.25, -0.2) is 9.78 Å². The Kier molecular flexibility index (Phi) is 5.35. The van der Waals surface area contributed by atoms with Crippen LogP contribution in [0.4, 0.5) is 0 Å². The highest BCUT2D eigenvalue weighted by molar-refractivity contribution is 7.20. The number of ether oxygens (including phenoxy) is 3. The first-order valence-electron chi connectivity index (χ1n) is 7.92. The molecule has 1 amide bonds. The summed E-state index contributed by atoms with van der Waals surface area (Å²) >= 11 is 1.20. The normalized spacial score (nSPS) is 17.5. The predicted octanol–water partition coefficient (Wildman–Crippen LogP) is 1.08. The van der Waals surface area contributed by atoms with Crippen molar-refractivity contribution in [3.05, 3.63) is 16.3 Å². The summed E-state index contributed by atoms with van der Waals surface area (Å²) in [6, 6.07) is -1.00. The Hall–Kier alpha value is -2.30. The first kappa shape index (κ1) is 18.5. The van der Waals surface area contributed by atoms with Crippen LogP contribution < -0.4 is 4.74 Å². The van der Waals surface area contributed by atoms with E-state index in [4.69, 9.17) is 14.2 Å². The van der Waals surface area contributed by atoms with Crippen molar-refractivity contribution in [1.82, 2.24) is 14.9 Å². The van der Waals surface area contributed by atoms with Gasteiger partial charge in [0.2, 0.25) is 5.88 Å². The molecule has 0 aliphatic carbocycles. The lowest BCUT2D eigenvalue weighted by atomic mass is 10.1. The van der Waals surface area contributed by atoms with E-state index in [9.17, 15) is 14.7 Å². The number of morpholine rings is 1. The highest BCUT2D eigenvalue weighted by Gasteiger charge is 2.35. The molecule has 3 heterocycles. The van der Waals surface area contributed by atoms with E-state index in [2.05, 4.69) is 9.97 Å². The van der Waals surface area contributed by atoms with Crippen LogP contribution in [0.15, 0.2) is 0 Å². The van der Waals surface area contributed by atoms with Gasteiger partial charge >= 0.3 is 5.97 Å². The number of rotatable bonds is 5. The Bertz CT molecular complexity index is 852. The molecule has 1 fully saturated rings. The number of carboxylic acid groups (broad SMARTS) is 1. The molecule has 1 saturated heterocycles. The fourth-order valence-electron chi connectivity index (χ4n) is 2.87. The van der Waals surface area contributed by atoms with Crippen molar-refractivity contribution in [2.24, 2.45) is 0 Å². The van der Waals surface area contributed by atoms with Gasteiger partial charge in [0.15, 0.2) is 11.9 Å². The quantitative estimate of drug-likeness (QED) is 0.819. The van der Waals surface area contributed by atoms with Gasteiger partial charge in [-0.2, -0.15) is 4.98 Å². The standard InChI is InChI=1S/C16H19N3O6S/c1-8-11-13(24-3)17-10(7-23-2)18-14(11)26-12(8)15(20)19-4-5-25-6-9(19)16(21)22/h9H,4-7H2,1-3H3,(H,21,22). The maximum absolute atomic E-state index is 13.0. The van der Waals surface area contributed by atoms with Gasteiger partial charge in [-0.05, 0) is 12.5 Å². The number of carbonyl (C=O) groups is 2. The Morgan fingerprint density at radius 2 is 2.15 bits per heavy atom. The van der Waals surface area contributed by atoms with Crippen LogP contribution in [0.1, 0.15) is 21.1 Å². The molecule has 26 heavy (non-hydrogen) atoms. The molecule has 2 aromatic heterocycles. The molecule has 1 aliphatic heterocycles. The number of aliphatic carboxylic acids is 1. The number of fused-ring (bicyclic) bond motifs is 1. The second-order valence-electron chi connectivity index (χ2n) is 5.75. The molecule has 140 valence electrons. The zero-order valence-corrected chi connectivity index (χ0v) is 15.5. The summed E-state index contributed by atoms with van der Waals surface area (Å²) < 4.78 is 15.6. The van der Waals surface area contributed by atoms with Crippen LogP contribution in [-0.2, 0) is 20.9 Å². The molecular formula is C16H19N3O6S. The van der Waals surface area contributed by atoms with Crippen molar-refractivity contribution in [1.29, 1.82) is 0 Å². The summed E-state index contributed by atoms with van der Waals surface area (Å²) in [5.74, 6) is -0.619. The minimum atomic E-state index is -1.09. The smallest absolute Gasteiger partial charge is 0.328 e. The maximum atomic E-state index is 13.0. The number of carboxylic acids is 1. The molecule has 9 nitrogen and oxygen atoms in total. The number of hydrogen-bond donors (Lipinski definition) is 1. The van der Waals surface area contributed by atoms with E-state index in [1.165, 1.54) is 23.3 Å². The molecule has 3 rings (SSSR count). The number of carbonyl (C=O) groups excluding carboxylic acids is 1. The first-order chi connectivity index (χ1) is 12.5. The molecule has 1 atom stereocenters. The highest BCUT2D eigenvalue weighted by atomic mass is 32.1. The average molecular weight is 381 g/mol. The van der Waals surface area contributed by atoms with Crippen molar-refractivity contribution < 1.29 is 28.9 Å². The SMILES string of the molecule is COCc1nc(OC)c2c(C)c(C(=O)N3CCOCC3C(=O)O)sc2n1. The third-order valence-electron chi connectivity index (χ3n) is 4.14. The highest BCUT2D eigenvalue weighted by Crippen LogP contribution is 2.36. The second-order valence-corrected chi connectivity index (χ2v) is 6.75. The molecule has 0 spiro atoms. The minimum Gasteiger partial charge on any atom is -0.480 e. The molecule has 0 aromatic carbocycles. The lowest BCUT2D eigenvalue weighted by Gasteiger charge is -2.32. The largest absolute Gasteiger partial charge is 0.480 e. The van der Waals surface area contributed by atoms with Crippen molar-refractivity contribution in [2.45, 2.75) is 19.6 Å². The van der Waals surface area contributed by atoms with E-state index in [1.807, 2.05) is 0 Å². The molecule has 2 aromatic rings. The Morgan fingerprint density at radius 3 is 2.81 bits per heavy atom. The van der Waals surface area contributed by atoms with E-state index >= 15 is 0 Å². The lowest BCUT2D eigenvalue weighted by Crippen LogP contribution is -2.52. The topological polar surface area (TPSA) is 111 Å². The van der Waals surface area contributed by atoms with Crippen molar-refractivity contribution in [3.63, 3.8) is 0 Å². The fourth-order valence-corrected chi connectivity index (χ4v) is 4.02. The molecule has 0 radical (unpaired) electrons. The number of thiophene rings is 1. The number of aromatic nitrogens is 2. The van der Waals surface area contributed by atoms with Crippen LogP contribution in [0.3, 0.4) is 0 Å². The number of hydrogen-bond acceptors (Lipinski definition) is 8. The summed E-state index contributed by atoms with van der Waals surface area (Å²) in [5.41, 5.74) is 0.673. The zero-order chi connectivity index (χ0) is 18.8. The number of methoxy groups -OCH3 is 2. The van der Waals surface area contributed by atoms with Gasteiger partial charge in [-0.3, -0.25) is 4.79 Å². The van der Waals surface area contributed by atoms with Crippen LogP contribution in [0.5, 0.6) is 5.88 Å². The van der Waals surface area contributed by atoms with Gasteiger partial charge in [0.25, 0.3) is 5.91 Å².